The van der Waals surface area contributed by atoms with Gasteiger partial charge in [0, 0.05) is 17.0 Å². The summed E-state index contributed by atoms with van der Waals surface area (Å²) in [6, 6.07) is 18.3. The summed E-state index contributed by atoms with van der Waals surface area (Å²) in [7, 11) is 0. The summed E-state index contributed by atoms with van der Waals surface area (Å²) >= 11 is 7.62. The van der Waals surface area contributed by atoms with Gasteiger partial charge in [-0.3, -0.25) is 4.57 Å². The highest BCUT2D eigenvalue weighted by atomic mass is 35.5. The molecule has 4 rings (SSSR count). The Balaban J connectivity index is 0.000000427. The van der Waals surface area contributed by atoms with Crippen LogP contribution in [0.1, 0.15) is 11.1 Å². The lowest BCUT2D eigenvalue weighted by Crippen LogP contribution is -2.09. The van der Waals surface area contributed by atoms with Crippen LogP contribution in [0.2, 0.25) is 5.02 Å². The van der Waals surface area contributed by atoms with Crippen LogP contribution in [0.3, 0.4) is 0 Å². The SMILES string of the molecule is Fc1ccccc1CSc1nc2cccnc2n1Cc1cccc(Cl)c1.O=C(O)C(=O)O. The highest BCUT2D eigenvalue weighted by Gasteiger charge is 2.14. The third kappa shape index (κ3) is 6.05. The summed E-state index contributed by atoms with van der Waals surface area (Å²) in [5, 5.41) is 16.3. The number of thioether (sulfide) groups is 1. The maximum absolute atomic E-state index is 13.9. The van der Waals surface area contributed by atoms with E-state index < -0.39 is 11.9 Å². The molecule has 0 aliphatic heterocycles. The molecule has 164 valence electrons. The van der Waals surface area contributed by atoms with Crippen molar-refractivity contribution in [2.75, 3.05) is 0 Å². The van der Waals surface area contributed by atoms with Crippen LogP contribution in [0.4, 0.5) is 4.39 Å². The summed E-state index contributed by atoms with van der Waals surface area (Å²) in [6.45, 7) is 0.605. The van der Waals surface area contributed by atoms with Crippen molar-refractivity contribution in [1.82, 2.24) is 14.5 Å². The van der Waals surface area contributed by atoms with E-state index in [1.807, 2.05) is 47.0 Å². The average molecular weight is 474 g/mol. The Morgan fingerprint density at radius 2 is 1.78 bits per heavy atom. The number of fused-ring (bicyclic) bond motifs is 1. The zero-order valence-corrected chi connectivity index (χ0v) is 18.1. The van der Waals surface area contributed by atoms with Gasteiger partial charge in [-0.25, -0.2) is 23.9 Å². The number of carboxylic acids is 2. The van der Waals surface area contributed by atoms with Gasteiger partial charge in [-0.2, -0.15) is 0 Å². The van der Waals surface area contributed by atoms with Gasteiger partial charge in [0.05, 0.1) is 6.54 Å². The Morgan fingerprint density at radius 1 is 1.03 bits per heavy atom. The number of benzene rings is 2. The number of pyridine rings is 1. The van der Waals surface area contributed by atoms with Crippen LogP contribution >= 0.6 is 23.4 Å². The minimum atomic E-state index is -1.82. The van der Waals surface area contributed by atoms with E-state index in [9.17, 15) is 4.39 Å². The molecule has 2 N–H and O–H groups in total. The van der Waals surface area contributed by atoms with Crippen molar-refractivity contribution in [3.05, 3.63) is 88.8 Å². The molecule has 2 aromatic carbocycles. The summed E-state index contributed by atoms with van der Waals surface area (Å²) in [5.41, 5.74) is 3.36. The van der Waals surface area contributed by atoms with E-state index >= 15 is 0 Å². The summed E-state index contributed by atoms with van der Waals surface area (Å²) in [4.78, 5) is 27.4. The van der Waals surface area contributed by atoms with Crippen molar-refractivity contribution < 1.29 is 24.2 Å². The van der Waals surface area contributed by atoms with Crippen LogP contribution in [-0.2, 0) is 21.9 Å². The fraction of sp³-hybridized carbons (Fsp3) is 0.0909. The fourth-order valence-corrected chi connectivity index (χ4v) is 3.97. The minimum Gasteiger partial charge on any atom is -0.473 e. The molecule has 0 fully saturated rings. The molecule has 7 nitrogen and oxygen atoms in total. The van der Waals surface area contributed by atoms with Gasteiger partial charge in [0.2, 0.25) is 0 Å². The molecule has 4 aromatic rings. The summed E-state index contributed by atoms with van der Waals surface area (Å²) in [5.74, 6) is -3.34. The number of halogens is 2. The number of imidazole rings is 1. The van der Waals surface area contributed by atoms with E-state index in [1.165, 1.54) is 17.8 Å². The predicted molar refractivity (Wildman–Crippen MR) is 119 cm³/mol. The molecule has 0 bridgehead atoms. The number of nitrogens with zero attached hydrogens (tertiary/aromatic N) is 3. The highest BCUT2D eigenvalue weighted by molar-refractivity contribution is 7.98. The van der Waals surface area contributed by atoms with Gasteiger partial charge in [-0.1, -0.05) is 53.7 Å². The minimum absolute atomic E-state index is 0.198. The van der Waals surface area contributed by atoms with Crippen molar-refractivity contribution in [3.63, 3.8) is 0 Å². The molecule has 10 heteroatoms. The van der Waals surface area contributed by atoms with Crippen LogP contribution in [0, 0.1) is 5.82 Å². The molecule has 2 heterocycles. The number of hydrogen-bond acceptors (Lipinski definition) is 5. The zero-order valence-electron chi connectivity index (χ0n) is 16.5. The molecular weight excluding hydrogens is 457 g/mol. The van der Waals surface area contributed by atoms with Crippen LogP contribution in [0.5, 0.6) is 0 Å². The Bertz CT molecular complexity index is 1250. The van der Waals surface area contributed by atoms with Crippen molar-refractivity contribution in [2.45, 2.75) is 17.5 Å². The molecule has 32 heavy (non-hydrogen) atoms. The molecule has 0 saturated heterocycles. The fourth-order valence-electron chi connectivity index (χ4n) is 2.77. The maximum atomic E-state index is 13.9. The standard InChI is InChI=1S/C20H15ClFN3S.C2H2O4/c21-16-7-3-5-14(11-16)12-25-19-18(9-4-10-23-19)24-20(25)26-13-15-6-1-2-8-17(15)22;3-1(4)2(5)6/h1-11H,12-13H2;(H,3,4)(H,5,6). The third-order valence-electron chi connectivity index (χ3n) is 4.20. The Morgan fingerprint density at radius 3 is 2.47 bits per heavy atom. The lowest BCUT2D eigenvalue weighted by atomic mass is 10.2. The van der Waals surface area contributed by atoms with Crippen molar-refractivity contribution >= 4 is 46.5 Å². The molecule has 0 amide bonds. The average Bonchev–Trinajstić information content (AvgIpc) is 3.11. The Hall–Kier alpha value is -3.43. The van der Waals surface area contributed by atoms with Crippen molar-refractivity contribution in [2.24, 2.45) is 0 Å². The topological polar surface area (TPSA) is 105 Å². The van der Waals surface area contributed by atoms with Crippen LogP contribution in [-0.4, -0.2) is 36.7 Å². The summed E-state index contributed by atoms with van der Waals surface area (Å²) < 4.78 is 16.0. The maximum Gasteiger partial charge on any atom is 0.414 e. The van der Waals surface area contributed by atoms with Crippen LogP contribution < -0.4 is 0 Å². The molecule has 0 aliphatic carbocycles. The Kier molecular flexibility index (Phi) is 7.80. The molecule has 2 aromatic heterocycles. The number of carbonyl (C=O) groups is 2. The molecule has 0 spiro atoms. The van der Waals surface area contributed by atoms with Gasteiger partial charge < -0.3 is 10.2 Å². The van der Waals surface area contributed by atoms with E-state index in [0.29, 0.717) is 22.9 Å². The van der Waals surface area contributed by atoms with Gasteiger partial charge in [0.15, 0.2) is 10.8 Å². The third-order valence-corrected chi connectivity index (χ3v) is 5.46. The molecule has 0 aliphatic rings. The van der Waals surface area contributed by atoms with Crippen LogP contribution in [0.15, 0.2) is 72.0 Å². The van der Waals surface area contributed by atoms with Crippen molar-refractivity contribution in [3.8, 4) is 0 Å². The smallest absolute Gasteiger partial charge is 0.414 e. The van der Waals surface area contributed by atoms with Crippen molar-refractivity contribution in [1.29, 1.82) is 0 Å². The molecular formula is C22H17ClFN3O4S. The number of carboxylic acid groups (broad SMARTS) is 2. The zero-order chi connectivity index (χ0) is 23.1. The van der Waals surface area contributed by atoms with E-state index in [2.05, 4.69) is 9.97 Å². The molecule has 0 unspecified atom stereocenters. The summed E-state index contributed by atoms with van der Waals surface area (Å²) in [6.07, 6.45) is 1.75. The largest absolute Gasteiger partial charge is 0.473 e. The van der Waals surface area contributed by atoms with Gasteiger partial charge in [-0.15, -0.1) is 0 Å². The highest BCUT2D eigenvalue weighted by Crippen LogP contribution is 2.28. The monoisotopic (exact) mass is 473 g/mol. The second-order valence-corrected chi connectivity index (χ2v) is 7.83. The molecule has 0 saturated carbocycles. The number of rotatable bonds is 5. The number of hydrogen-bond donors (Lipinski definition) is 2. The lowest BCUT2D eigenvalue weighted by molar-refractivity contribution is -0.159. The van der Waals surface area contributed by atoms with Gasteiger partial charge in [0.1, 0.15) is 11.3 Å². The second-order valence-electron chi connectivity index (χ2n) is 6.45. The van der Waals surface area contributed by atoms with Crippen LogP contribution in [0.25, 0.3) is 11.2 Å². The van der Waals surface area contributed by atoms with E-state index in [0.717, 1.165) is 21.9 Å². The normalized spacial score (nSPS) is 10.4. The molecule has 0 radical (unpaired) electrons. The lowest BCUT2D eigenvalue weighted by Gasteiger charge is -2.09. The first-order chi connectivity index (χ1) is 15.3. The predicted octanol–water partition coefficient (Wildman–Crippen LogP) is 4.72. The van der Waals surface area contributed by atoms with E-state index in [-0.39, 0.29) is 5.82 Å². The van der Waals surface area contributed by atoms with Gasteiger partial charge >= 0.3 is 11.9 Å². The number of aromatic nitrogens is 3. The first-order valence-electron chi connectivity index (χ1n) is 9.23. The van der Waals surface area contributed by atoms with Gasteiger partial charge in [-0.05, 0) is 41.5 Å². The number of aliphatic carboxylic acids is 2. The quantitative estimate of drug-likeness (QED) is 0.319. The Labute approximate surface area is 191 Å². The first-order valence-corrected chi connectivity index (χ1v) is 10.6. The second kappa shape index (κ2) is 10.7. The molecule has 0 atom stereocenters. The first kappa shape index (κ1) is 23.2. The van der Waals surface area contributed by atoms with E-state index in [1.54, 1.807) is 18.3 Å². The van der Waals surface area contributed by atoms with Gasteiger partial charge in [0.25, 0.3) is 0 Å². The van der Waals surface area contributed by atoms with E-state index in [4.69, 9.17) is 31.4 Å².